The van der Waals surface area contributed by atoms with Gasteiger partial charge in [-0.3, -0.25) is 4.57 Å². The number of nitrogens with one attached hydrogen (secondary N) is 1. The number of nitrogens with zero attached hydrogens (tertiary/aromatic N) is 3. The van der Waals surface area contributed by atoms with Crippen molar-refractivity contribution >= 4 is 21.9 Å². The van der Waals surface area contributed by atoms with E-state index in [1.54, 1.807) is 10.8 Å². The van der Waals surface area contributed by atoms with Crippen LogP contribution in [-0.2, 0) is 6.54 Å². The highest BCUT2D eigenvalue weighted by molar-refractivity contribution is 5.92. The quantitative estimate of drug-likeness (QED) is 0.664. The maximum atomic E-state index is 11.6. The number of aromatic nitrogens is 4. The molecule has 0 aliphatic carbocycles. The number of hydrogen-bond donors (Lipinski definition) is 1. The molecule has 3 aromatic rings. The van der Waals surface area contributed by atoms with Crippen LogP contribution in [0.15, 0.2) is 29.5 Å². The van der Waals surface area contributed by atoms with Crippen LogP contribution < -0.4 is 5.69 Å². The van der Waals surface area contributed by atoms with Crippen LogP contribution in [0.2, 0.25) is 0 Å². The second-order valence-corrected chi connectivity index (χ2v) is 3.63. The van der Waals surface area contributed by atoms with Crippen molar-refractivity contribution in [3.63, 3.8) is 0 Å². The number of hydrogen-bond acceptors (Lipinski definition) is 3. The van der Waals surface area contributed by atoms with Gasteiger partial charge in [-0.15, -0.1) is 0 Å². The molecule has 1 N–H and O–H groups in total. The van der Waals surface area contributed by atoms with Crippen LogP contribution in [0.1, 0.15) is 6.92 Å². The number of aromatic amines is 1. The van der Waals surface area contributed by atoms with Crippen molar-refractivity contribution in [2.45, 2.75) is 13.5 Å². The van der Waals surface area contributed by atoms with Gasteiger partial charge in [0.2, 0.25) is 0 Å². The Morgan fingerprint density at radius 3 is 3.12 bits per heavy atom. The SMILES string of the molecule is CCn1c(=O)[nH]c2cc3cncnc3cc21. The van der Waals surface area contributed by atoms with E-state index in [0.29, 0.717) is 6.54 Å². The van der Waals surface area contributed by atoms with Gasteiger partial charge in [0.25, 0.3) is 0 Å². The summed E-state index contributed by atoms with van der Waals surface area (Å²) >= 11 is 0. The molecule has 0 fully saturated rings. The van der Waals surface area contributed by atoms with E-state index in [-0.39, 0.29) is 5.69 Å². The van der Waals surface area contributed by atoms with Crippen LogP contribution in [-0.4, -0.2) is 19.5 Å². The maximum absolute atomic E-state index is 11.6. The van der Waals surface area contributed by atoms with E-state index in [1.807, 2.05) is 19.1 Å². The first-order valence-corrected chi connectivity index (χ1v) is 5.12. The molecule has 0 aliphatic heterocycles. The largest absolute Gasteiger partial charge is 0.326 e. The molecule has 1 aromatic carbocycles. The molecule has 2 heterocycles. The van der Waals surface area contributed by atoms with Crippen molar-refractivity contribution in [3.8, 4) is 0 Å². The molecule has 0 spiro atoms. The van der Waals surface area contributed by atoms with Crippen LogP contribution in [0.25, 0.3) is 21.9 Å². The standard InChI is InChI=1S/C11H10N4O/c1-2-15-10-4-8-7(5-12-6-13-8)3-9(10)14-11(15)16/h3-6H,2H2,1H3,(H,14,16). The normalized spacial score (nSPS) is 11.3. The summed E-state index contributed by atoms with van der Waals surface area (Å²) in [5, 5.41) is 0.930. The summed E-state index contributed by atoms with van der Waals surface area (Å²) in [4.78, 5) is 22.6. The van der Waals surface area contributed by atoms with E-state index in [9.17, 15) is 4.79 Å². The highest BCUT2D eigenvalue weighted by atomic mass is 16.1. The Morgan fingerprint density at radius 1 is 1.44 bits per heavy atom. The van der Waals surface area contributed by atoms with Crippen LogP contribution in [0.3, 0.4) is 0 Å². The molecular formula is C11H10N4O. The highest BCUT2D eigenvalue weighted by Gasteiger charge is 2.06. The van der Waals surface area contributed by atoms with Crippen molar-refractivity contribution in [1.29, 1.82) is 0 Å². The minimum absolute atomic E-state index is 0.0826. The maximum Gasteiger partial charge on any atom is 0.326 e. The second kappa shape index (κ2) is 3.16. The first kappa shape index (κ1) is 9.08. The number of aryl methyl sites for hydroxylation is 1. The van der Waals surface area contributed by atoms with Gasteiger partial charge in [-0.05, 0) is 19.1 Å². The third-order valence-corrected chi connectivity index (χ3v) is 2.72. The molecule has 0 saturated carbocycles. The second-order valence-electron chi connectivity index (χ2n) is 3.63. The van der Waals surface area contributed by atoms with Crippen LogP contribution in [0.5, 0.6) is 0 Å². The average molecular weight is 214 g/mol. The number of rotatable bonds is 1. The summed E-state index contributed by atoms with van der Waals surface area (Å²) in [6.45, 7) is 2.59. The molecule has 0 bridgehead atoms. The lowest BCUT2D eigenvalue weighted by Gasteiger charge is -1.99. The number of benzene rings is 1. The zero-order chi connectivity index (χ0) is 11.1. The van der Waals surface area contributed by atoms with Crippen molar-refractivity contribution in [2.75, 3.05) is 0 Å². The van der Waals surface area contributed by atoms with Gasteiger partial charge in [-0.25, -0.2) is 14.8 Å². The topological polar surface area (TPSA) is 63.6 Å². The molecule has 80 valence electrons. The Morgan fingerprint density at radius 2 is 2.31 bits per heavy atom. The molecule has 3 rings (SSSR count). The van der Waals surface area contributed by atoms with Crippen molar-refractivity contribution in [2.24, 2.45) is 0 Å². The number of H-pyrrole nitrogens is 1. The van der Waals surface area contributed by atoms with Gasteiger partial charge in [0.1, 0.15) is 6.33 Å². The van der Waals surface area contributed by atoms with Gasteiger partial charge in [0.05, 0.1) is 16.6 Å². The molecule has 5 nitrogen and oxygen atoms in total. The summed E-state index contributed by atoms with van der Waals surface area (Å²) < 4.78 is 1.69. The summed E-state index contributed by atoms with van der Waals surface area (Å²) in [5.74, 6) is 0. The van der Waals surface area contributed by atoms with Gasteiger partial charge in [0, 0.05) is 18.1 Å². The molecule has 0 amide bonds. The lowest BCUT2D eigenvalue weighted by Crippen LogP contribution is -2.14. The Labute approximate surface area is 90.8 Å². The highest BCUT2D eigenvalue weighted by Crippen LogP contribution is 2.17. The molecule has 2 aromatic heterocycles. The van der Waals surface area contributed by atoms with E-state index < -0.39 is 0 Å². The Hall–Kier alpha value is -2.17. The van der Waals surface area contributed by atoms with E-state index >= 15 is 0 Å². The zero-order valence-electron chi connectivity index (χ0n) is 8.77. The first-order valence-electron chi connectivity index (χ1n) is 5.12. The first-order chi connectivity index (χ1) is 7.79. The van der Waals surface area contributed by atoms with Crippen LogP contribution in [0.4, 0.5) is 0 Å². The molecule has 0 saturated heterocycles. The lowest BCUT2D eigenvalue weighted by atomic mass is 10.2. The Kier molecular flexibility index (Phi) is 1.80. The van der Waals surface area contributed by atoms with Crippen molar-refractivity contribution in [1.82, 2.24) is 19.5 Å². The van der Waals surface area contributed by atoms with Gasteiger partial charge in [-0.2, -0.15) is 0 Å². The molecular weight excluding hydrogens is 204 g/mol. The zero-order valence-corrected chi connectivity index (χ0v) is 8.77. The summed E-state index contributed by atoms with van der Waals surface area (Å²) in [6, 6.07) is 3.81. The third kappa shape index (κ3) is 1.14. The van der Waals surface area contributed by atoms with Gasteiger partial charge < -0.3 is 4.98 Å². The minimum atomic E-state index is -0.0826. The molecule has 5 heteroatoms. The van der Waals surface area contributed by atoms with Crippen molar-refractivity contribution < 1.29 is 0 Å². The number of fused-ring (bicyclic) bond motifs is 2. The fraction of sp³-hybridized carbons (Fsp3) is 0.182. The van der Waals surface area contributed by atoms with E-state index in [4.69, 9.17) is 0 Å². The monoisotopic (exact) mass is 214 g/mol. The molecule has 0 aliphatic rings. The molecule has 0 unspecified atom stereocenters. The smallest absolute Gasteiger partial charge is 0.306 e. The fourth-order valence-electron chi connectivity index (χ4n) is 1.95. The van der Waals surface area contributed by atoms with Gasteiger partial charge in [0.15, 0.2) is 0 Å². The van der Waals surface area contributed by atoms with Crippen LogP contribution >= 0.6 is 0 Å². The molecule has 0 atom stereocenters. The number of imidazole rings is 1. The van der Waals surface area contributed by atoms with Crippen LogP contribution in [0, 0.1) is 0 Å². The molecule has 0 radical (unpaired) electrons. The lowest BCUT2D eigenvalue weighted by molar-refractivity contribution is 0.753. The third-order valence-electron chi connectivity index (χ3n) is 2.72. The summed E-state index contributed by atoms with van der Waals surface area (Å²) in [6.07, 6.45) is 3.25. The average Bonchev–Trinajstić information content (AvgIpc) is 2.60. The van der Waals surface area contributed by atoms with E-state index in [2.05, 4.69) is 15.0 Å². The summed E-state index contributed by atoms with van der Waals surface area (Å²) in [5.41, 5.74) is 2.48. The minimum Gasteiger partial charge on any atom is -0.306 e. The molecule has 16 heavy (non-hydrogen) atoms. The Balaban J connectivity index is 2.51. The predicted molar refractivity (Wildman–Crippen MR) is 61.3 cm³/mol. The van der Waals surface area contributed by atoms with Gasteiger partial charge >= 0.3 is 5.69 Å². The van der Waals surface area contributed by atoms with Crippen molar-refractivity contribution in [3.05, 3.63) is 35.1 Å². The van der Waals surface area contributed by atoms with E-state index in [1.165, 1.54) is 6.33 Å². The summed E-state index contributed by atoms with van der Waals surface area (Å²) in [7, 11) is 0. The van der Waals surface area contributed by atoms with Gasteiger partial charge in [-0.1, -0.05) is 0 Å². The predicted octanol–water partition coefficient (Wildman–Crippen LogP) is 1.29. The van der Waals surface area contributed by atoms with E-state index in [0.717, 1.165) is 21.9 Å². The fourth-order valence-corrected chi connectivity index (χ4v) is 1.95. The Bertz CT molecular complexity index is 726.